The van der Waals surface area contributed by atoms with Crippen molar-refractivity contribution in [2.24, 2.45) is 58.5 Å². The topological polar surface area (TPSA) is 409 Å². The molecule has 0 heterocycles. The molecule has 0 aliphatic heterocycles. The Hall–Kier alpha value is -9.48. The molecule has 16 atom stereocenters. The minimum Gasteiger partial charge on any atom is -0.480 e. The van der Waals surface area contributed by atoms with Crippen molar-refractivity contribution in [3.63, 3.8) is 0 Å². The number of halogens is 2. The van der Waals surface area contributed by atoms with Crippen molar-refractivity contribution >= 4 is 106 Å². The maximum absolute atomic E-state index is 14.0. The molecule has 2 unspecified atom stereocenters. The van der Waals surface area contributed by atoms with Gasteiger partial charge in [0.2, 0.25) is 59.1 Å². The Morgan fingerprint density at radius 3 is 1.03 bits per heavy atom. The van der Waals surface area contributed by atoms with E-state index in [4.69, 9.17) is 38.4 Å². The van der Waals surface area contributed by atoms with Crippen molar-refractivity contribution in [1.82, 2.24) is 51.5 Å². The Kier molecular flexibility index (Phi) is 48.2. The fraction of sp³-hybridized carbons (Fsp3) is 0.634. The van der Waals surface area contributed by atoms with Crippen molar-refractivity contribution in [3.05, 3.63) is 116 Å². The monoisotopic (exact) mass is 1780 g/mol. The van der Waals surface area contributed by atoms with Gasteiger partial charge in [-0.15, -0.1) is 0 Å². The lowest BCUT2D eigenvalue weighted by molar-refractivity contribution is -0.160. The lowest BCUT2D eigenvalue weighted by Crippen LogP contribution is -2.57. The predicted molar refractivity (Wildman–Crippen MR) is 484 cm³/mol. The number of nitrogens with two attached hydrogens (primary N) is 1. The van der Waals surface area contributed by atoms with Crippen LogP contribution in [0.5, 0.6) is 0 Å². The summed E-state index contributed by atoms with van der Waals surface area (Å²) in [6, 6.07) is 4.65. The van der Waals surface area contributed by atoms with Gasteiger partial charge in [0.1, 0.15) is 66.1 Å². The third kappa shape index (κ3) is 37.8. The lowest BCUT2D eigenvalue weighted by Gasteiger charge is -2.33. The van der Waals surface area contributed by atoms with Gasteiger partial charge in [0.15, 0.2) is 0 Å². The van der Waals surface area contributed by atoms with Crippen LogP contribution in [0.1, 0.15) is 223 Å². The zero-order chi connectivity index (χ0) is 95.6. The molecule has 2 rings (SSSR count). The summed E-state index contributed by atoms with van der Waals surface area (Å²) in [7, 11) is 5.64. The van der Waals surface area contributed by atoms with E-state index in [2.05, 4.69) is 31.9 Å². The van der Waals surface area contributed by atoms with Gasteiger partial charge in [0, 0.05) is 62.2 Å². The number of ether oxygens (including phenoxy) is 2. The van der Waals surface area contributed by atoms with Crippen LogP contribution in [-0.2, 0) is 89.4 Å². The number of carbonyl (C=O) groups is 14. The van der Waals surface area contributed by atoms with Gasteiger partial charge in [0.05, 0.1) is 18.5 Å². The fourth-order valence-corrected chi connectivity index (χ4v) is 13.3. The van der Waals surface area contributed by atoms with E-state index in [0.29, 0.717) is 58.0 Å². The Morgan fingerprint density at radius 1 is 0.460 bits per heavy atom. The molecule has 2 aromatic rings. The summed E-state index contributed by atoms with van der Waals surface area (Å²) < 4.78 is 11.8. The highest BCUT2D eigenvalue weighted by molar-refractivity contribution is 6.30. The first-order valence-electron chi connectivity index (χ1n) is 42.9. The molecule has 0 aromatic heterocycles. The quantitative estimate of drug-likeness (QED) is 0.0169. The first kappa shape index (κ1) is 113. The van der Waals surface area contributed by atoms with E-state index < -0.39 is 162 Å². The van der Waals surface area contributed by atoms with E-state index in [1.807, 2.05) is 129 Å². The van der Waals surface area contributed by atoms with E-state index in [-0.39, 0.29) is 79.0 Å². The van der Waals surface area contributed by atoms with Crippen LogP contribution in [0.2, 0.25) is 10.0 Å². The van der Waals surface area contributed by atoms with Crippen LogP contribution in [0, 0.1) is 52.8 Å². The molecule has 0 spiro atoms. The van der Waals surface area contributed by atoms with Crippen LogP contribution < -0.4 is 37.6 Å². The summed E-state index contributed by atoms with van der Waals surface area (Å²) in [6.07, 6.45) is 9.11. The van der Waals surface area contributed by atoms with Gasteiger partial charge in [-0.2, -0.15) is 0 Å². The summed E-state index contributed by atoms with van der Waals surface area (Å²) in [4.78, 5) is 190. The van der Waals surface area contributed by atoms with Crippen molar-refractivity contribution in [2.75, 3.05) is 41.3 Å². The summed E-state index contributed by atoms with van der Waals surface area (Å²) >= 11 is 12.2. The molecule has 0 bridgehead atoms. The summed E-state index contributed by atoms with van der Waals surface area (Å²) in [6.45, 7) is 44.2. The van der Waals surface area contributed by atoms with E-state index >= 15 is 0 Å². The molecule has 29 nitrogen and oxygen atoms in total. The van der Waals surface area contributed by atoms with Gasteiger partial charge in [-0.05, 0) is 210 Å². The molecule has 10 amide bonds. The molecule has 10 N–H and O–H groups in total. The van der Waals surface area contributed by atoms with Crippen molar-refractivity contribution in [1.29, 1.82) is 0 Å². The number of amides is 10. The number of carbonyl (C=O) groups excluding carboxylic acids is 12. The maximum atomic E-state index is 14.0. The molecule has 2 aromatic carbocycles. The standard InChI is InChI=1S/C47H74ClN5O9.C46H73ClN6O9/c1-16-28(5)39(45(59)60)51-38(54)26-52(14)44(58)37(25-34-20-22-35(48)23-21-34)53(15)43(57)33(10)49-42(56)36(24-27(3)4)50-41(55)31(8)19-18-30(7)32(9)40(29(6)17-2)62-46(61)47(11,12)13;1-15-27(5)38(44(59)60)51-37(54)25-52(13)43(58)36(24-33-19-21-34(47)22-20-33)53(14)42(57)32(10)49-41(56)35(23-26(3)4)50-40(55)30(8)18-17-29(7)31(9)39(28(6)16-2)62-45(61)46(11,12)48/h17,19-23,27-28,30,32-33,36-37,39-40H,16,18,24-26H2,1-15H3,(H,49,56)(H,50,55)(H,51,54)(H,59,60);16,18-22,26-27,29,31-32,35-36,38-39H,15,17,23-25,48H2,1-14H3,(H,49,56)(H,50,55)(H,51,54)(H,59,60)/b29-17+,31-19+;28-16+,30-18+/t28-,30-,32-,33-,36+,37+,39?,40+;27-,29-,31-,32-,35+,36+,38?,39+/m00/s1. The van der Waals surface area contributed by atoms with E-state index in [0.717, 1.165) is 20.9 Å². The largest absolute Gasteiger partial charge is 0.480 e. The number of nitrogens with one attached hydrogen (secondary N) is 6. The van der Waals surface area contributed by atoms with Gasteiger partial charge < -0.3 is 76.9 Å². The van der Waals surface area contributed by atoms with E-state index in [9.17, 15) is 77.3 Å². The fourth-order valence-electron chi connectivity index (χ4n) is 13.0. The number of carboxylic acid groups (broad SMARTS) is 2. The first-order chi connectivity index (χ1) is 57.3. The average molecular weight is 1780 g/mol. The van der Waals surface area contributed by atoms with Gasteiger partial charge >= 0.3 is 23.9 Å². The molecule has 0 radical (unpaired) electrons. The van der Waals surface area contributed by atoms with E-state index in [1.54, 1.807) is 103 Å². The predicted octanol–water partition coefficient (Wildman–Crippen LogP) is 11.4. The number of nitrogens with zero attached hydrogens (tertiary/aromatic N) is 4. The van der Waals surface area contributed by atoms with E-state index in [1.165, 1.54) is 51.8 Å². The number of carboxylic acids is 2. The van der Waals surface area contributed by atoms with Crippen LogP contribution in [0.15, 0.2) is 95.1 Å². The number of rotatable bonds is 47. The molecular formula is C93H147Cl2N11O18. The van der Waals surface area contributed by atoms with Crippen molar-refractivity contribution < 1.29 is 86.8 Å². The van der Waals surface area contributed by atoms with Crippen LogP contribution >= 0.6 is 23.2 Å². The zero-order valence-electron chi connectivity index (χ0n) is 78.9. The third-order valence-corrected chi connectivity index (χ3v) is 23.1. The molecule has 124 heavy (non-hydrogen) atoms. The van der Waals surface area contributed by atoms with Crippen LogP contribution in [-0.4, -0.2) is 220 Å². The highest BCUT2D eigenvalue weighted by atomic mass is 35.5. The highest BCUT2D eigenvalue weighted by Gasteiger charge is 2.40. The Balaban J connectivity index is 0.00000124. The number of hydrogen-bond acceptors (Lipinski definition) is 17. The second-order valence-electron chi connectivity index (χ2n) is 35.9. The first-order valence-corrected chi connectivity index (χ1v) is 43.7. The Bertz CT molecular complexity index is 3800. The lowest BCUT2D eigenvalue weighted by atomic mass is 9.84. The second-order valence-corrected chi connectivity index (χ2v) is 36.8. The Morgan fingerprint density at radius 2 is 0.766 bits per heavy atom. The number of hydrogen-bond donors (Lipinski definition) is 9. The number of allylic oxidation sites excluding steroid dienone is 4. The average Bonchev–Trinajstić information content (AvgIpc) is 0.829. The minimum absolute atomic E-state index is 0.00225. The summed E-state index contributed by atoms with van der Waals surface area (Å²) in [5, 5.41) is 36.3. The second kappa shape index (κ2) is 53.1. The minimum atomic E-state index is -1.19. The number of aliphatic carboxylic acids is 2. The summed E-state index contributed by atoms with van der Waals surface area (Å²) in [5.41, 5.74) is 8.11. The number of esters is 2. The van der Waals surface area contributed by atoms with Crippen LogP contribution in [0.3, 0.4) is 0 Å². The highest BCUT2D eigenvalue weighted by Crippen LogP contribution is 2.31. The SMILES string of the molecule is C/C=C(\C)[C@@H](OC(=O)C(C)(C)C)[C@@H](C)[C@@H](C)C/C=C(\C)C(=O)N[C@H](CC(C)C)C(=O)N[C@@H](C)C(=O)N(C)[C@H](Cc1ccc(Cl)cc1)C(=O)N(C)CC(=O)NC(C(=O)O)[C@@H](C)CC.C/C=C(\C)[C@@H](OC(=O)C(C)(C)N)[C@@H](C)[C@@H](C)C/C=C(\C)C(=O)N[C@H](CC(C)C)C(=O)N[C@@H](C)C(=O)N(C)[C@H](Cc1ccc(Cl)cc1)C(=O)N(C)CC(=O)NC(C(=O)O)[C@@H](C)CC. The van der Waals surface area contributed by atoms with Crippen LogP contribution in [0.25, 0.3) is 0 Å². The number of likely N-dealkylation sites (N-methyl/N-ethyl adjacent to an activating group) is 4. The molecule has 0 saturated carbocycles. The molecular weight excluding hydrogens is 1630 g/mol. The smallest absolute Gasteiger partial charge is 0.326 e. The normalized spacial score (nSPS) is 16.1. The van der Waals surface area contributed by atoms with Gasteiger partial charge in [0.25, 0.3) is 0 Å². The molecule has 696 valence electrons. The molecule has 0 aliphatic carbocycles. The van der Waals surface area contributed by atoms with Gasteiger partial charge in [-0.3, -0.25) is 57.5 Å². The maximum Gasteiger partial charge on any atom is 0.326 e. The molecule has 31 heteroatoms. The van der Waals surface area contributed by atoms with Gasteiger partial charge in [-0.1, -0.05) is 168 Å². The zero-order valence-corrected chi connectivity index (χ0v) is 80.5. The third-order valence-electron chi connectivity index (χ3n) is 22.6. The summed E-state index contributed by atoms with van der Waals surface area (Å²) in [5.74, 6) is -9.89. The van der Waals surface area contributed by atoms with Gasteiger partial charge in [-0.25, -0.2) is 9.59 Å². The molecule has 0 fully saturated rings. The number of benzene rings is 2. The van der Waals surface area contributed by atoms with Crippen molar-refractivity contribution in [2.45, 2.75) is 291 Å². The van der Waals surface area contributed by atoms with Crippen molar-refractivity contribution in [3.8, 4) is 0 Å². The molecule has 0 saturated heterocycles. The van der Waals surface area contributed by atoms with Crippen LogP contribution in [0.4, 0.5) is 0 Å². The Labute approximate surface area is 747 Å². The molecule has 0 aliphatic rings.